The van der Waals surface area contributed by atoms with Crippen LogP contribution in [0.3, 0.4) is 0 Å². The number of likely N-dealkylation sites (N-methyl/N-ethyl adjacent to an activating group) is 2. The van der Waals surface area contributed by atoms with E-state index in [4.69, 9.17) is 0 Å². The second-order valence-electron chi connectivity index (χ2n) is 2.91. The molecule has 0 saturated heterocycles. The maximum Gasteiger partial charge on any atom is 0.227 e. The fourth-order valence-electron chi connectivity index (χ4n) is 1.23. The summed E-state index contributed by atoms with van der Waals surface area (Å²) in [6.45, 7) is 5.31. The zero-order valence-electron chi connectivity index (χ0n) is 8.39. The Morgan fingerprint density at radius 2 is 1.29 bits per heavy atom. The van der Waals surface area contributed by atoms with Crippen LogP contribution in [0.2, 0.25) is 0 Å². The van der Waals surface area contributed by atoms with Crippen molar-refractivity contribution in [3.63, 3.8) is 0 Å². The third-order valence-corrected chi connectivity index (χ3v) is 1.82. The molecule has 0 atom stereocenters. The van der Waals surface area contributed by atoms with E-state index in [-0.39, 0.29) is 0 Å². The second kappa shape index (κ2) is 4.60. The molecule has 0 aromatic rings. The van der Waals surface area contributed by atoms with Gasteiger partial charge in [-0.25, -0.2) is 0 Å². The van der Waals surface area contributed by atoms with Crippen LogP contribution in [0.4, 0.5) is 0 Å². The predicted molar refractivity (Wildman–Crippen MR) is 53.5 cm³/mol. The Morgan fingerprint density at radius 3 is 1.57 bits per heavy atom. The van der Waals surface area contributed by atoms with Gasteiger partial charge in [0.2, 0.25) is 11.6 Å². The molecule has 1 aliphatic carbocycles. The van der Waals surface area contributed by atoms with Crippen molar-refractivity contribution < 1.29 is 9.59 Å². The lowest BCUT2D eigenvalue weighted by molar-refractivity contribution is -0.131. The van der Waals surface area contributed by atoms with Crippen LogP contribution >= 0.6 is 0 Å². The van der Waals surface area contributed by atoms with Crippen LogP contribution in [0.1, 0.15) is 13.8 Å². The van der Waals surface area contributed by atoms with Crippen molar-refractivity contribution in [2.24, 2.45) is 0 Å². The number of ketones is 2. The van der Waals surface area contributed by atoms with E-state index < -0.39 is 11.6 Å². The highest BCUT2D eigenvalue weighted by atomic mass is 16.2. The quantitative estimate of drug-likeness (QED) is 0.493. The molecule has 1 rings (SSSR count). The molecule has 0 aromatic heterocycles. The monoisotopic (exact) mass is 194 g/mol. The summed E-state index contributed by atoms with van der Waals surface area (Å²) in [5.74, 6) is -0.940. The number of carbonyl (C=O) groups excluding carboxylic acids is 2. The summed E-state index contributed by atoms with van der Waals surface area (Å²) in [7, 11) is 0. The summed E-state index contributed by atoms with van der Waals surface area (Å²) in [5.41, 5.74) is 1.39. The van der Waals surface area contributed by atoms with Crippen LogP contribution in [0.15, 0.2) is 23.5 Å². The van der Waals surface area contributed by atoms with Gasteiger partial charge in [0.05, 0.1) is 11.4 Å². The van der Waals surface area contributed by atoms with E-state index in [9.17, 15) is 9.59 Å². The Bertz CT molecular complexity index is 284. The lowest BCUT2D eigenvalue weighted by Gasteiger charge is -2.16. The fourth-order valence-corrected chi connectivity index (χ4v) is 1.23. The van der Waals surface area contributed by atoms with Gasteiger partial charge < -0.3 is 10.6 Å². The van der Waals surface area contributed by atoms with Crippen LogP contribution in [0.25, 0.3) is 0 Å². The van der Waals surface area contributed by atoms with E-state index in [2.05, 4.69) is 10.6 Å². The Balaban J connectivity index is 2.88. The normalized spacial score (nSPS) is 16.1. The average molecular weight is 194 g/mol. The molecule has 4 heteroatoms. The van der Waals surface area contributed by atoms with Gasteiger partial charge in [-0.15, -0.1) is 0 Å². The van der Waals surface area contributed by atoms with E-state index in [0.717, 1.165) is 13.1 Å². The predicted octanol–water partition coefficient (Wildman–Crippen LogP) is 0.125. The Labute approximate surface area is 83.1 Å². The highest BCUT2D eigenvalue weighted by molar-refractivity contribution is 6.46. The van der Waals surface area contributed by atoms with E-state index in [1.54, 1.807) is 0 Å². The first-order valence-corrected chi connectivity index (χ1v) is 4.68. The van der Waals surface area contributed by atoms with Gasteiger partial charge >= 0.3 is 0 Å². The number of allylic oxidation sites excluding steroid dienone is 2. The Hall–Kier alpha value is -1.58. The first-order valence-electron chi connectivity index (χ1n) is 4.68. The molecular formula is C10H14N2O2. The third-order valence-electron chi connectivity index (χ3n) is 1.82. The SMILES string of the molecule is CCNC1=CC(=O)C(=O)C=C1NCC. The summed E-state index contributed by atoms with van der Waals surface area (Å²) >= 11 is 0. The highest BCUT2D eigenvalue weighted by Gasteiger charge is 2.18. The van der Waals surface area contributed by atoms with Crippen molar-refractivity contribution >= 4 is 11.6 Å². The summed E-state index contributed by atoms with van der Waals surface area (Å²) < 4.78 is 0. The smallest absolute Gasteiger partial charge is 0.227 e. The van der Waals surface area contributed by atoms with Gasteiger partial charge in [0.1, 0.15) is 0 Å². The van der Waals surface area contributed by atoms with Crippen molar-refractivity contribution in [3.05, 3.63) is 23.5 Å². The number of rotatable bonds is 4. The van der Waals surface area contributed by atoms with Gasteiger partial charge in [0, 0.05) is 25.2 Å². The van der Waals surface area contributed by atoms with Crippen molar-refractivity contribution in [3.8, 4) is 0 Å². The van der Waals surface area contributed by atoms with Crippen molar-refractivity contribution in [1.29, 1.82) is 0 Å². The lowest BCUT2D eigenvalue weighted by Crippen LogP contribution is -2.29. The number of hydrogen-bond donors (Lipinski definition) is 2. The van der Waals surface area contributed by atoms with Crippen LogP contribution in [0, 0.1) is 0 Å². The van der Waals surface area contributed by atoms with Gasteiger partial charge in [-0.1, -0.05) is 0 Å². The highest BCUT2D eigenvalue weighted by Crippen LogP contribution is 2.09. The first kappa shape index (κ1) is 10.5. The molecule has 0 aromatic carbocycles. The molecule has 0 fully saturated rings. The van der Waals surface area contributed by atoms with E-state index in [0.29, 0.717) is 11.4 Å². The second-order valence-corrected chi connectivity index (χ2v) is 2.91. The number of carbonyl (C=O) groups is 2. The molecule has 0 saturated carbocycles. The molecule has 76 valence electrons. The maximum atomic E-state index is 11.1. The van der Waals surface area contributed by atoms with Crippen molar-refractivity contribution in [2.75, 3.05) is 13.1 Å². The molecule has 0 heterocycles. The average Bonchev–Trinajstić information content (AvgIpc) is 2.14. The number of nitrogens with one attached hydrogen (secondary N) is 2. The van der Waals surface area contributed by atoms with Gasteiger partial charge in [0.15, 0.2) is 0 Å². The third kappa shape index (κ3) is 2.22. The first-order chi connectivity index (χ1) is 6.69. The van der Waals surface area contributed by atoms with Crippen molar-refractivity contribution in [1.82, 2.24) is 10.6 Å². The van der Waals surface area contributed by atoms with Gasteiger partial charge in [-0.05, 0) is 13.8 Å². The maximum absolute atomic E-state index is 11.1. The summed E-state index contributed by atoms with van der Waals surface area (Å²) in [4.78, 5) is 22.2. The van der Waals surface area contributed by atoms with Crippen LogP contribution in [-0.2, 0) is 9.59 Å². The van der Waals surface area contributed by atoms with Crippen LogP contribution < -0.4 is 10.6 Å². The van der Waals surface area contributed by atoms with Gasteiger partial charge in [-0.3, -0.25) is 9.59 Å². The Kier molecular flexibility index (Phi) is 3.45. The largest absolute Gasteiger partial charge is 0.384 e. The lowest BCUT2D eigenvalue weighted by atomic mass is 10.1. The van der Waals surface area contributed by atoms with Crippen LogP contribution in [-0.4, -0.2) is 24.7 Å². The minimum Gasteiger partial charge on any atom is -0.384 e. The van der Waals surface area contributed by atoms with Gasteiger partial charge in [-0.2, -0.15) is 0 Å². The van der Waals surface area contributed by atoms with Gasteiger partial charge in [0.25, 0.3) is 0 Å². The van der Waals surface area contributed by atoms with E-state index in [1.165, 1.54) is 12.2 Å². The van der Waals surface area contributed by atoms with E-state index in [1.807, 2.05) is 13.8 Å². The fraction of sp³-hybridized carbons (Fsp3) is 0.400. The minimum absolute atomic E-state index is 0.470. The zero-order chi connectivity index (χ0) is 10.6. The summed E-state index contributed by atoms with van der Waals surface area (Å²) in [5, 5.41) is 6.06. The van der Waals surface area contributed by atoms with Crippen LogP contribution in [0.5, 0.6) is 0 Å². The molecule has 0 unspecified atom stereocenters. The standard InChI is InChI=1S/C10H14N2O2/c1-3-11-7-5-9(13)10(14)6-8(7)12-4-2/h5-6,11-12H,3-4H2,1-2H3. The molecule has 0 amide bonds. The molecule has 14 heavy (non-hydrogen) atoms. The summed E-state index contributed by atoms with van der Waals surface area (Å²) in [6, 6.07) is 0. The Morgan fingerprint density at radius 1 is 0.929 bits per heavy atom. The molecule has 0 spiro atoms. The topological polar surface area (TPSA) is 58.2 Å². The molecule has 0 bridgehead atoms. The molecule has 2 N–H and O–H groups in total. The molecule has 0 radical (unpaired) electrons. The molecule has 1 aliphatic rings. The number of hydrogen-bond acceptors (Lipinski definition) is 4. The minimum atomic E-state index is -0.470. The molecule has 4 nitrogen and oxygen atoms in total. The molecule has 0 aliphatic heterocycles. The molecular weight excluding hydrogens is 180 g/mol. The van der Waals surface area contributed by atoms with Crippen molar-refractivity contribution in [2.45, 2.75) is 13.8 Å². The zero-order valence-corrected chi connectivity index (χ0v) is 8.39. The summed E-state index contributed by atoms with van der Waals surface area (Å²) in [6.07, 6.45) is 2.67. The van der Waals surface area contributed by atoms with E-state index >= 15 is 0 Å².